The summed E-state index contributed by atoms with van der Waals surface area (Å²) in [4.78, 5) is 6.66. The van der Waals surface area contributed by atoms with Crippen molar-refractivity contribution in [3.63, 3.8) is 0 Å². The molecular weight excluding hydrogens is 538 g/mol. The van der Waals surface area contributed by atoms with Gasteiger partial charge in [0.25, 0.3) is 0 Å². The highest BCUT2D eigenvalue weighted by molar-refractivity contribution is 14.0. The van der Waals surface area contributed by atoms with Crippen LogP contribution in [0.5, 0.6) is 11.5 Å². The predicted molar refractivity (Wildman–Crippen MR) is 140 cm³/mol. The molecule has 1 heterocycles. The fourth-order valence-corrected chi connectivity index (χ4v) is 3.84. The van der Waals surface area contributed by atoms with Crippen LogP contribution in [-0.2, 0) is 11.2 Å². The molecule has 0 radical (unpaired) electrons. The number of nitrogens with one attached hydrogen (secondary N) is 2. The third-order valence-corrected chi connectivity index (χ3v) is 5.56. The quantitative estimate of drug-likeness (QED) is 0.274. The van der Waals surface area contributed by atoms with Crippen molar-refractivity contribution >= 4 is 29.9 Å². The van der Waals surface area contributed by atoms with Gasteiger partial charge >= 0.3 is 0 Å². The Balaban J connectivity index is 0.00000385. The van der Waals surface area contributed by atoms with Crippen LogP contribution < -0.4 is 20.1 Å². The minimum atomic E-state index is -0.224. The van der Waals surface area contributed by atoms with E-state index in [-0.39, 0.29) is 35.8 Å². The van der Waals surface area contributed by atoms with Crippen LogP contribution in [0.3, 0.4) is 0 Å². The zero-order valence-corrected chi connectivity index (χ0v) is 21.8. The minimum Gasteiger partial charge on any atom is -0.493 e. The second-order valence-electron chi connectivity index (χ2n) is 7.54. The first-order chi connectivity index (χ1) is 15.6. The zero-order chi connectivity index (χ0) is 22.8. The lowest BCUT2D eigenvalue weighted by Crippen LogP contribution is -2.46. The predicted octanol–water partition coefficient (Wildman–Crippen LogP) is 3.24. The normalized spacial score (nSPS) is 15.3. The van der Waals surface area contributed by atoms with Crippen molar-refractivity contribution in [3.8, 4) is 11.5 Å². The molecule has 1 saturated heterocycles. The monoisotopic (exact) mass is 572 g/mol. The standard InChI is InChI=1S/C24H33FN4O3.HI/c1-26-24(27-10-9-18-7-8-22(30-2)23(15-18)31-3)28-17-21(29-11-13-32-14-12-29)19-5-4-6-20(25)16-19;/h4-8,15-16,21H,9-14,17H2,1-3H3,(H2,26,27,28);1H. The number of ether oxygens (including phenoxy) is 3. The number of morpholine rings is 1. The molecule has 7 nitrogen and oxygen atoms in total. The molecule has 2 aromatic carbocycles. The van der Waals surface area contributed by atoms with Crippen molar-refractivity contribution in [1.29, 1.82) is 0 Å². The van der Waals surface area contributed by atoms with Gasteiger partial charge in [-0.25, -0.2) is 4.39 Å². The molecule has 1 aliphatic rings. The van der Waals surface area contributed by atoms with E-state index in [1.54, 1.807) is 33.4 Å². The number of benzene rings is 2. The van der Waals surface area contributed by atoms with Crippen LogP contribution in [0.25, 0.3) is 0 Å². The van der Waals surface area contributed by atoms with Gasteiger partial charge < -0.3 is 24.8 Å². The summed E-state index contributed by atoms with van der Waals surface area (Å²) >= 11 is 0. The molecule has 0 aromatic heterocycles. The van der Waals surface area contributed by atoms with Gasteiger partial charge in [0.1, 0.15) is 5.82 Å². The Morgan fingerprint density at radius 2 is 1.85 bits per heavy atom. The van der Waals surface area contributed by atoms with Crippen molar-refractivity contribution in [2.24, 2.45) is 4.99 Å². The summed E-state index contributed by atoms with van der Waals surface area (Å²) in [6.07, 6.45) is 0.803. The summed E-state index contributed by atoms with van der Waals surface area (Å²) < 4.78 is 30.0. The van der Waals surface area contributed by atoms with E-state index in [4.69, 9.17) is 14.2 Å². The highest BCUT2D eigenvalue weighted by atomic mass is 127. The van der Waals surface area contributed by atoms with Crippen LogP contribution in [0.15, 0.2) is 47.5 Å². The van der Waals surface area contributed by atoms with Crippen molar-refractivity contribution in [2.45, 2.75) is 12.5 Å². The van der Waals surface area contributed by atoms with E-state index in [9.17, 15) is 4.39 Å². The lowest BCUT2D eigenvalue weighted by Gasteiger charge is -2.35. The largest absolute Gasteiger partial charge is 0.493 e. The van der Waals surface area contributed by atoms with E-state index in [1.807, 2.05) is 24.3 Å². The van der Waals surface area contributed by atoms with Crippen molar-refractivity contribution < 1.29 is 18.6 Å². The molecule has 1 atom stereocenters. The summed E-state index contributed by atoms with van der Waals surface area (Å²) in [7, 11) is 5.01. The third-order valence-electron chi connectivity index (χ3n) is 5.56. The van der Waals surface area contributed by atoms with Crippen LogP contribution in [0.2, 0.25) is 0 Å². The highest BCUT2D eigenvalue weighted by Gasteiger charge is 2.23. The smallest absolute Gasteiger partial charge is 0.191 e. The molecule has 0 spiro atoms. The minimum absolute atomic E-state index is 0. The van der Waals surface area contributed by atoms with Crippen LogP contribution >= 0.6 is 24.0 Å². The van der Waals surface area contributed by atoms with Gasteiger partial charge in [-0.2, -0.15) is 0 Å². The second-order valence-corrected chi connectivity index (χ2v) is 7.54. The average molecular weight is 572 g/mol. The number of methoxy groups -OCH3 is 2. The van der Waals surface area contributed by atoms with E-state index in [0.717, 1.165) is 36.4 Å². The molecule has 2 aromatic rings. The van der Waals surface area contributed by atoms with Gasteiger partial charge in [-0.15, -0.1) is 24.0 Å². The Labute approximate surface area is 212 Å². The molecule has 0 bridgehead atoms. The van der Waals surface area contributed by atoms with Crippen molar-refractivity contribution in [2.75, 3.05) is 60.7 Å². The van der Waals surface area contributed by atoms with Crippen LogP contribution in [0, 0.1) is 5.82 Å². The number of hydrogen-bond acceptors (Lipinski definition) is 5. The third kappa shape index (κ3) is 8.01. The SMILES string of the molecule is CN=C(NCCc1ccc(OC)c(OC)c1)NCC(c1cccc(F)c1)N1CCOCC1.I. The molecule has 182 valence electrons. The number of hydrogen-bond donors (Lipinski definition) is 2. The van der Waals surface area contributed by atoms with E-state index < -0.39 is 0 Å². The lowest BCUT2D eigenvalue weighted by atomic mass is 10.0. The molecule has 0 amide bonds. The maximum Gasteiger partial charge on any atom is 0.191 e. The maximum atomic E-state index is 13.9. The summed E-state index contributed by atoms with van der Waals surface area (Å²) in [6, 6.07) is 12.8. The molecule has 0 saturated carbocycles. The van der Waals surface area contributed by atoms with Gasteiger partial charge in [-0.05, 0) is 41.8 Å². The van der Waals surface area contributed by atoms with Crippen LogP contribution in [-0.4, -0.2) is 71.5 Å². The van der Waals surface area contributed by atoms with Crippen LogP contribution in [0.4, 0.5) is 4.39 Å². The number of aliphatic imine (C=N–C) groups is 1. The van der Waals surface area contributed by atoms with E-state index in [1.165, 1.54) is 6.07 Å². The Morgan fingerprint density at radius 1 is 1.09 bits per heavy atom. The fraction of sp³-hybridized carbons (Fsp3) is 0.458. The molecule has 33 heavy (non-hydrogen) atoms. The van der Waals surface area contributed by atoms with E-state index in [2.05, 4.69) is 20.5 Å². The summed E-state index contributed by atoms with van der Waals surface area (Å²) in [5.41, 5.74) is 2.08. The Morgan fingerprint density at radius 3 is 2.52 bits per heavy atom. The molecule has 2 N–H and O–H groups in total. The Kier molecular flexibility index (Phi) is 11.7. The van der Waals surface area contributed by atoms with Crippen LogP contribution in [0.1, 0.15) is 17.2 Å². The van der Waals surface area contributed by atoms with Gasteiger partial charge in [0.15, 0.2) is 17.5 Å². The average Bonchev–Trinajstić information content (AvgIpc) is 2.83. The first-order valence-electron chi connectivity index (χ1n) is 10.9. The van der Waals surface area contributed by atoms with Gasteiger partial charge in [-0.1, -0.05) is 18.2 Å². The Bertz CT molecular complexity index is 894. The fourth-order valence-electron chi connectivity index (χ4n) is 3.84. The summed E-state index contributed by atoms with van der Waals surface area (Å²) in [5, 5.41) is 6.76. The molecular formula is C24H34FIN4O3. The van der Waals surface area contributed by atoms with E-state index in [0.29, 0.717) is 38.0 Å². The number of nitrogens with zero attached hydrogens (tertiary/aromatic N) is 2. The first-order valence-corrected chi connectivity index (χ1v) is 10.9. The van der Waals surface area contributed by atoms with Gasteiger partial charge in [0.05, 0.1) is 33.5 Å². The number of halogens is 2. The molecule has 3 rings (SSSR count). The molecule has 1 fully saturated rings. The number of rotatable bonds is 9. The second kappa shape index (κ2) is 14.2. The first kappa shape index (κ1) is 27.1. The number of guanidine groups is 1. The zero-order valence-electron chi connectivity index (χ0n) is 19.5. The van der Waals surface area contributed by atoms with Crippen molar-refractivity contribution in [3.05, 3.63) is 59.4 Å². The maximum absolute atomic E-state index is 13.9. The lowest BCUT2D eigenvalue weighted by molar-refractivity contribution is 0.0169. The molecule has 9 heteroatoms. The molecule has 1 unspecified atom stereocenters. The van der Waals surface area contributed by atoms with Gasteiger partial charge in [-0.3, -0.25) is 9.89 Å². The van der Waals surface area contributed by atoms with Gasteiger partial charge in [0, 0.05) is 33.2 Å². The molecule has 0 aliphatic carbocycles. The topological polar surface area (TPSA) is 67.4 Å². The van der Waals surface area contributed by atoms with E-state index >= 15 is 0 Å². The Hall–Kier alpha value is -2.11. The van der Waals surface area contributed by atoms with Gasteiger partial charge in [0.2, 0.25) is 0 Å². The summed E-state index contributed by atoms with van der Waals surface area (Å²) in [5.74, 6) is 1.92. The molecule has 1 aliphatic heterocycles. The highest BCUT2D eigenvalue weighted by Crippen LogP contribution is 2.27. The summed E-state index contributed by atoms with van der Waals surface area (Å²) in [6.45, 7) is 4.31. The van der Waals surface area contributed by atoms with Crippen molar-refractivity contribution in [1.82, 2.24) is 15.5 Å².